The lowest BCUT2D eigenvalue weighted by molar-refractivity contribution is -0.137. The van der Waals surface area contributed by atoms with Crippen molar-refractivity contribution in [1.82, 2.24) is 9.55 Å². The van der Waals surface area contributed by atoms with Crippen LogP contribution in [0.4, 0.5) is 13.2 Å². The second-order valence-electron chi connectivity index (χ2n) is 6.07. The molecule has 24 heavy (non-hydrogen) atoms. The van der Waals surface area contributed by atoms with E-state index in [9.17, 15) is 23.1 Å². The quantitative estimate of drug-likeness (QED) is 0.931. The first-order valence-electron chi connectivity index (χ1n) is 7.76. The summed E-state index contributed by atoms with van der Waals surface area (Å²) in [5, 5.41) is 10.2. The highest BCUT2D eigenvalue weighted by molar-refractivity contribution is 5.26. The molecule has 1 heterocycles. The van der Waals surface area contributed by atoms with Gasteiger partial charge in [0.15, 0.2) is 0 Å². The maximum absolute atomic E-state index is 12.5. The van der Waals surface area contributed by atoms with Crippen LogP contribution in [-0.4, -0.2) is 14.7 Å². The van der Waals surface area contributed by atoms with Crippen molar-refractivity contribution >= 4 is 0 Å². The number of hydrogen-bond acceptors (Lipinski definition) is 3. The summed E-state index contributed by atoms with van der Waals surface area (Å²) in [5.41, 5.74) is 0.0458. The van der Waals surface area contributed by atoms with Gasteiger partial charge >= 0.3 is 6.18 Å². The van der Waals surface area contributed by atoms with Crippen LogP contribution >= 0.6 is 0 Å². The lowest BCUT2D eigenvalue weighted by Crippen LogP contribution is -2.25. The molecule has 4 nitrogen and oxygen atoms in total. The zero-order chi connectivity index (χ0) is 17.3. The highest BCUT2D eigenvalue weighted by Crippen LogP contribution is 2.34. The lowest BCUT2D eigenvalue weighted by atomic mass is 9.83. The van der Waals surface area contributed by atoms with Gasteiger partial charge in [-0.25, -0.2) is 4.98 Å². The second kappa shape index (κ2) is 6.39. The van der Waals surface area contributed by atoms with Gasteiger partial charge in [0.05, 0.1) is 30.2 Å². The minimum Gasteiger partial charge on any atom is -0.387 e. The number of hydrogen-bond donors (Lipinski definition) is 1. The van der Waals surface area contributed by atoms with Gasteiger partial charge in [0.2, 0.25) is 0 Å². The molecule has 0 aliphatic heterocycles. The van der Waals surface area contributed by atoms with Gasteiger partial charge in [-0.2, -0.15) is 13.2 Å². The van der Waals surface area contributed by atoms with Crippen molar-refractivity contribution in [3.05, 3.63) is 63.8 Å². The van der Waals surface area contributed by atoms with Crippen molar-refractivity contribution in [3.63, 3.8) is 0 Å². The fourth-order valence-corrected chi connectivity index (χ4v) is 2.69. The molecule has 1 aromatic carbocycles. The van der Waals surface area contributed by atoms with Gasteiger partial charge in [-0.15, -0.1) is 0 Å². The molecule has 3 rings (SSSR count). The number of rotatable bonds is 4. The fraction of sp³-hybridized carbons (Fsp3) is 0.412. The van der Waals surface area contributed by atoms with Crippen LogP contribution in [0.15, 0.2) is 41.5 Å². The van der Waals surface area contributed by atoms with Crippen LogP contribution in [-0.2, 0) is 12.7 Å². The SMILES string of the molecule is O=c1cc(C2CCC2)ncn1CC(O)c1ccc(C(F)(F)F)cc1. The first kappa shape index (κ1) is 16.7. The van der Waals surface area contributed by atoms with Gasteiger partial charge in [-0.3, -0.25) is 9.36 Å². The summed E-state index contributed by atoms with van der Waals surface area (Å²) in [6, 6.07) is 5.74. The van der Waals surface area contributed by atoms with Crippen LogP contribution in [0, 0.1) is 0 Å². The molecule has 0 radical (unpaired) electrons. The van der Waals surface area contributed by atoms with Crippen LogP contribution in [0.25, 0.3) is 0 Å². The molecule has 1 N–H and O–H groups in total. The van der Waals surface area contributed by atoms with Crippen LogP contribution in [0.2, 0.25) is 0 Å². The topological polar surface area (TPSA) is 55.1 Å². The summed E-state index contributed by atoms with van der Waals surface area (Å²) in [7, 11) is 0. The highest BCUT2D eigenvalue weighted by atomic mass is 19.4. The number of aliphatic hydroxyl groups is 1. The van der Waals surface area contributed by atoms with E-state index in [0.29, 0.717) is 11.5 Å². The number of alkyl halides is 3. The van der Waals surface area contributed by atoms with Crippen molar-refractivity contribution in [2.75, 3.05) is 0 Å². The molecule has 1 atom stereocenters. The number of aliphatic hydroxyl groups excluding tert-OH is 1. The Morgan fingerprint density at radius 2 is 1.92 bits per heavy atom. The van der Waals surface area contributed by atoms with Gasteiger partial charge in [0.1, 0.15) is 0 Å². The minimum absolute atomic E-state index is 0.0534. The van der Waals surface area contributed by atoms with Crippen LogP contribution in [0.3, 0.4) is 0 Å². The molecular formula is C17H17F3N2O2. The van der Waals surface area contributed by atoms with E-state index in [2.05, 4.69) is 4.98 Å². The highest BCUT2D eigenvalue weighted by Gasteiger charge is 2.30. The Bertz CT molecular complexity index is 765. The molecule has 0 amide bonds. The molecule has 1 saturated carbocycles. The number of aromatic nitrogens is 2. The average Bonchev–Trinajstić information content (AvgIpc) is 2.47. The first-order valence-corrected chi connectivity index (χ1v) is 7.76. The predicted octanol–water partition coefficient (Wildman–Crippen LogP) is 3.26. The van der Waals surface area contributed by atoms with Gasteiger partial charge in [-0.05, 0) is 30.5 Å². The summed E-state index contributed by atoms with van der Waals surface area (Å²) in [6.07, 6.45) is -0.899. The van der Waals surface area contributed by atoms with Gasteiger partial charge in [-0.1, -0.05) is 18.6 Å². The van der Waals surface area contributed by atoms with E-state index in [1.165, 1.54) is 29.1 Å². The standard InChI is InChI=1S/C17H17F3N2O2/c18-17(19,20)13-6-4-12(5-7-13)15(23)9-22-10-21-14(8-16(22)24)11-2-1-3-11/h4-8,10-11,15,23H,1-3,9H2. The second-order valence-corrected chi connectivity index (χ2v) is 6.07. The maximum atomic E-state index is 12.5. The van der Waals surface area contributed by atoms with Crippen molar-refractivity contribution in [3.8, 4) is 0 Å². The number of nitrogens with zero attached hydrogens (tertiary/aromatic N) is 2. The van der Waals surface area contributed by atoms with Gasteiger partial charge in [0.25, 0.3) is 5.56 Å². The van der Waals surface area contributed by atoms with Crippen molar-refractivity contribution in [1.29, 1.82) is 0 Å². The molecule has 7 heteroatoms. The molecule has 0 saturated heterocycles. The predicted molar refractivity (Wildman–Crippen MR) is 81.5 cm³/mol. The Hall–Kier alpha value is -2.15. The van der Waals surface area contributed by atoms with E-state index in [0.717, 1.165) is 37.1 Å². The normalized spacial score (nSPS) is 16.7. The van der Waals surface area contributed by atoms with Crippen molar-refractivity contribution < 1.29 is 18.3 Å². The largest absolute Gasteiger partial charge is 0.416 e. The molecule has 128 valence electrons. The summed E-state index contributed by atoms with van der Waals surface area (Å²) in [5.74, 6) is 0.340. The minimum atomic E-state index is -4.41. The monoisotopic (exact) mass is 338 g/mol. The molecule has 0 spiro atoms. The Morgan fingerprint density at radius 1 is 1.25 bits per heavy atom. The van der Waals surface area contributed by atoms with Crippen LogP contribution < -0.4 is 5.56 Å². The summed E-state index contributed by atoms with van der Waals surface area (Å²) >= 11 is 0. The van der Waals surface area contributed by atoms with Crippen LogP contribution in [0.1, 0.15) is 48.1 Å². The smallest absolute Gasteiger partial charge is 0.387 e. The Labute approximate surface area is 136 Å². The molecular weight excluding hydrogens is 321 g/mol. The van der Waals surface area contributed by atoms with Gasteiger partial charge < -0.3 is 5.11 Å². The average molecular weight is 338 g/mol. The van der Waals surface area contributed by atoms with E-state index in [1.807, 2.05) is 0 Å². The number of halogens is 3. The van der Waals surface area contributed by atoms with E-state index in [-0.39, 0.29) is 12.1 Å². The van der Waals surface area contributed by atoms with E-state index in [4.69, 9.17) is 0 Å². The third-order valence-electron chi connectivity index (χ3n) is 4.42. The molecule has 1 aliphatic rings. The molecule has 1 unspecified atom stereocenters. The first-order chi connectivity index (χ1) is 11.3. The molecule has 1 aromatic heterocycles. The zero-order valence-electron chi connectivity index (χ0n) is 12.8. The summed E-state index contributed by atoms with van der Waals surface area (Å²) in [6.45, 7) is -0.0534. The third kappa shape index (κ3) is 3.51. The summed E-state index contributed by atoms with van der Waals surface area (Å²) in [4.78, 5) is 16.4. The van der Waals surface area contributed by atoms with E-state index < -0.39 is 17.8 Å². The lowest BCUT2D eigenvalue weighted by Gasteiger charge is -2.24. The molecule has 1 aliphatic carbocycles. The van der Waals surface area contributed by atoms with E-state index >= 15 is 0 Å². The Kier molecular flexibility index (Phi) is 4.45. The molecule has 1 fully saturated rings. The van der Waals surface area contributed by atoms with E-state index in [1.54, 1.807) is 0 Å². The third-order valence-corrected chi connectivity index (χ3v) is 4.42. The molecule has 2 aromatic rings. The molecule has 0 bridgehead atoms. The van der Waals surface area contributed by atoms with Crippen molar-refractivity contribution in [2.24, 2.45) is 0 Å². The Balaban J connectivity index is 1.72. The Morgan fingerprint density at radius 3 is 2.42 bits per heavy atom. The maximum Gasteiger partial charge on any atom is 0.416 e. The van der Waals surface area contributed by atoms with Gasteiger partial charge in [0, 0.05) is 12.0 Å². The summed E-state index contributed by atoms with van der Waals surface area (Å²) < 4.78 is 38.9. The number of benzene rings is 1. The van der Waals surface area contributed by atoms with Crippen LogP contribution in [0.5, 0.6) is 0 Å². The van der Waals surface area contributed by atoms with Crippen molar-refractivity contribution in [2.45, 2.75) is 44.0 Å². The fourth-order valence-electron chi connectivity index (χ4n) is 2.69. The zero-order valence-corrected chi connectivity index (χ0v) is 12.8.